The number of carbonyl (C=O) groups excluding carboxylic acids is 1. The molecule has 19 heavy (non-hydrogen) atoms. The Labute approximate surface area is 113 Å². The number of nitrogens with zero attached hydrogens (tertiary/aromatic N) is 2. The summed E-state index contributed by atoms with van der Waals surface area (Å²) in [5.74, 6) is -0.197. The van der Waals surface area contributed by atoms with Crippen molar-refractivity contribution >= 4 is 33.0 Å². The summed E-state index contributed by atoms with van der Waals surface area (Å²) in [6.07, 6.45) is -0.0172. The van der Waals surface area contributed by atoms with Gasteiger partial charge in [0.05, 0.1) is 20.1 Å². The molecule has 0 unspecified atom stereocenters. The Morgan fingerprint density at radius 2 is 2.26 bits per heavy atom. The molecule has 100 valence electrons. The minimum absolute atomic E-state index is 0.0172. The molecule has 0 saturated heterocycles. The van der Waals surface area contributed by atoms with Gasteiger partial charge in [0.1, 0.15) is 6.61 Å². The van der Waals surface area contributed by atoms with Crippen LogP contribution in [-0.2, 0) is 16.0 Å². The largest absolute Gasteiger partial charge is 0.377 e. The Kier molecular flexibility index (Phi) is 3.87. The molecule has 0 aliphatic rings. The first-order chi connectivity index (χ1) is 9.01. The molecule has 7 heteroatoms. The SMILES string of the molecule is COCC(=O)Cc1cc2nc(C)sc2cc1[N+](=O)[O-]. The number of methoxy groups -OCH3 is 1. The molecule has 0 saturated carbocycles. The first kappa shape index (κ1) is 13.6. The smallest absolute Gasteiger partial charge is 0.274 e. The van der Waals surface area contributed by atoms with Gasteiger partial charge >= 0.3 is 0 Å². The Hall–Kier alpha value is -1.86. The van der Waals surface area contributed by atoms with E-state index in [2.05, 4.69) is 4.98 Å². The van der Waals surface area contributed by atoms with Gasteiger partial charge in [-0.3, -0.25) is 14.9 Å². The number of hydrogen-bond donors (Lipinski definition) is 0. The van der Waals surface area contributed by atoms with Gasteiger partial charge in [-0.25, -0.2) is 4.98 Å². The van der Waals surface area contributed by atoms with Gasteiger partial charge in [-0.15, -0.1) is 11.3 Å². The normalized spacial score (nSPS) is 10.8. The van der Waals surface area contributed by atoms with Crippen molar-refractivity contribution in [1.29, 1.82) is 0 Å². The van der Waals surface area contributed by atoms with E-state index in [0.29, 0.717) is 11.1 Å². The maximum absolute atomic E-state index is 11.6. The fourth-order valence-electron chi connectivity index (χ4n) is 1.86. The number of carbonyl (C=O) groups is 1. The highest BCUT2D eigenvalue weighted by molar-refractivity contribution is 7.18. The van der Waals surface area contributed by atoms with Crippen molar-refractivity contribution in [2.75, 3.05) is 13.7 Å². The standard InChI is InChI=1S/C12H12N2O4S/c1-7-13-10-4-8(3-9(15)6-18-2)11(14(16)17)5-12(10)19-7/h4-5H,3,6H2,1-2H3. The van der Waals surface area contributed by atoms with Crippen LogP contribution in [0, 0.1) is 17.0 Å². The topological polar surface area (TPSA) is 82.3 Å². The Bertz CT molecular complexity index is 650. The third-order valence-electron chi connectivity index (χ3n) is 2.59. The van der Waals surface area contributed by atoms with Crippen LogP contribution in [0.1, 0.15) is 10.6 Å². The van der Waals surface area contributed by atoms with Gasteiger partial charge in [0.15, 0.2) is 5.78 Å². The summed E-state index contributed by atoms with van der Waals surface area (Å²) in [4.78, 5) is 26.4. The number of ketones is 1. The molecule has 6 nitrogen and oxygen atoms in total. The van der Waals surface area contributed by atoms with Gasteiger partial charge in [-0.2, -0.15) is 0 Å². The lowest BCUT2D eigenvalue weighted by Gasteiger charge is -2.02. The average molecular weight is 280 g/mol. The molecule has 0 amide bonds. The number of nitro benzene ring substituents is 1. The summed E-state index contributed by atoms with van der Waals surface area (Å²) in [6.45, 7) is 1.79. The van der Waals surface area contributed by atoms with Crippen molar-refractivity contribution in [3.63, 3.8) is 0 Å². The molecule has 2 aromatic rings. The van der Waals surface area contributed by atoms with E-state index in [1.54, 1.807) is 6.07 Å². The third kappa shape index (κ3) is 2.94. The molecule has 0 fully saturated rings. The van der Waals surface area contributed by atoms with E-state index < -0.39 is 4.92 Å². The van der Waals surface area contributed by atoms with Gasteiger partial charge in [0.25, 0.3) is 5.69 Å². The second-order valence-corrected chi connectivity index (χ2v) is 5.32. The summed E-state index contributed by atoms with van der Waals surface area (Å²) in [6, 6.07) is 3.10. The predicted octanol–water partition coefficient (Wildman–Crippen LogP) is 2.27. The van der Waals surface area contributed by atoms with Crippen LogP contribution in [0.3, 0.4) is 0 Å². The van der Waals surface area contributed by atoms with Crippen LogP contribution in [0.5, 0.6) is 0 Å². The lowest BCUT2D eigenvalue weighted by molar-refractivity contribution is -0.385. The lowest BCUT2D eigenvalue weighted by atomic mass is 10.1. The third-order valence-corrected chi connectivity index (χ3v) is 3.52. The van der Waals surface area contributed by atoms with Crippen LogP contribution in [0.4, 0.5) is 5.69 Å². The van der Waals surface area contributed by atoms with Crippen LogP contribution in [-0.4, -0.2) is 29.4 Å². The van der Waals surface area contributed by atoms with Crippen LogP contribution < -0.4 is 0 Å². The van der Waals surface area contributed by atoms with Gasteiger partial charge in [-0.1, -0.05) is 0 Å². The number of nitro groups is 1. The lowest BCUT2D eigenvalue weighted by Crippen LogP contribution is -2.11. The van der Waals surface area contributed by atoms with Crippen molar-refractivity contribution in [1.82, 2.24) is 4.98 Å². The van der Waals surface area contributed by atoms with Crippen molar-refractivity contribution in [2.24, 2.45) is 0 Å². The minimum Gasteiger partial charge on any atom is -0.377 e. The summed E-state index contributed by atoms with van der Waals surface area (Å²) in [5, 5.41) is 11.9. The second kappa shape index (κ2) is 5.41. The number of fused-ring (bicyclic) bond motifs is 1. The molecule has 1 aromatic heterocycles. The number of thiazole rings is 1. The number of hydrogen-bond acceptors (Lipinski definition) is 6. The molecule has 0 atom stereocenters. The van der Waals surface area contributed by atoms with Gasteiger partial charge in [-0.05, 0) is 13.0 Å². The highest BCUT2D eigenvalue weighted by Crippen LogP contribution is 2.30. The molecule has 1 heterocycles. The molecule has 2 rings (SSSR count). The van der Waals surface area contributed by atoms with Crippen molar-refractivity contribution in [3.8, 4) is 0 Å². The quantitative estimate of drug-likeness (QED) is 0.619. The minimum atomic E-state index is -0.468. The van der Waals surface area contributed by atoms with Crippen LogP contribution >= 0.6 is 11.3 Å². The second-order valence-electron chi connectivity index (χ2n) is 4.09. The maximum Gasteiger partial charge on any atom is 0.274 e. The zero-order chi connectivity index (χ0) is 14.0. The molecule has 0 bridgehead atoms. The molecule has 1 aromatic carbocycles. The summed E-state index contributed by atoms with van der Waals surface area (Å²) < 4.78 is 5.49. The highest BCUT2D eigenvalue weighted by Gasteiger charge is 2.19. The average Bonchev–Trinajstić information content (AvgIpc) is 2.67. The van der Waals surface area contributed by atoms with E-state index in [4.69, 9.17) is 4.74 Å². The maximum atomic E-state index is 11.6. The molecule has 0 radical (unpaired) electrons. The summed E-state index contributed by atoms with van der Waals surface area (Å²) >= 11 is 1.40. The van der Waals surface area contributed by atoms with Crippen LogP contribution in [0.25, 0.3) is 10.2 Å². The first-order valence-electron chi connectivity index (χ1n) is 5.56. The number of Topliss-reactive ketones (excluding diaryl/α,β-unsaturated/α-hetero) is 1. The molecule has 0 N–H and O–H groups in total. The Morgan fingerprint density at radius 3 is 2.89 bits per heavy atom. The number of aromatic nitrogens is 1. The van der Waals surface area contributed by atoms with Crippen molar-refractivity contribution in [3.05, 3.63) is 32.8 Å². The van der Waals surface area contributed by atoms with E-state index in [1.807, 2.05) is 6.92 Å². The van der Waals surface area contributed by atoms with Gasteiger partial charge in [0, 0.05) is 25.2 Å². The van der Waals surface area contributed by atoms with E-state index in [1.165, 1.54) is 24.5 Å². The molecule has 0 aliphatic heterocycles. The fraction of sp³-hybridized carbons (Fsp3) is 0.333. The van der Waals surface area contributed by atoms with E-state index >= 15 is 0 Å². The number of rotatable bonds is 5. The summed E-state index contributed by atoms with van der Waals surface area (Å²) in [5.41, 5.74) is 1.03. The first-order valence-corrected chi connectivity index (χ1v) is 6.38. The summed E-state index contributed by atoms with van der Waals surface area (Å²) in [7, 11) is 1.42. The van der Waals surface area contributed by atoms with Gasteiger partial charge in [0.2, 0.25) is 0 Å². The zero-order valence-electron chi connectivity index (χ0n) is 10.5. The van der Waals surface area contributed by atoms with Crippen molar-refractivity contribution < 1.29 is 14.5 Å². The zero-order valence-corrected chi connectivity index (χ0v) is 11.3. The number of ether oxygens (including phenoxy) is 1. The van der Waals surface area contributed by atoms with Crippen LogP contribution in [0.2, 0.25) is 0 Å². The predicted molar refractivity (Wildman–Crippen MR) is 71.6 cm³/mol. The van der Waals surface area contributed by atoms with E-state index in [9.17, 15) is 14.9 Å². The number of aryl methyl sites for hydroxylation is 1. The monoisotopic (exact) mass is 280 g/mol. The van der Waals surface area contributed by atoms with Gasteiger partial charge < -0.3 is 4.74 Å². The molecule has 0 aliphatic carbocycles. The number of benzene rings is 1. The Morgan fingerprint density at radius 1 is 1.53 bits per heavy atom. The highest BCUT2D eigenvalue weighted by atomic mass is 32.1. The van der Waals surface area contributed by atoms with Crippen molar-refractivity contribution in [2.45, 2.75) is 13.3 Å². The fourth-order valence-corrected chi connectivity index (χ4v) is 2.70. The Balaban J connectivity index is 2.47. The molecular formula is C12H12N2O4S. The van der Waals surface area contributed by atoms with Crippen LogP contribution in [0.15, 0.2) is 12.1 Å². The van der Waals surface area contributed by atoms with E-state index in [0.717, 1.165) is 9.71 Å². The molecular weight excluding hydrogens is 268 g/mol. The molecule has 0 spiro atoms. The van der Waals surface area contributed by atoms with E-state index in [-0.39, 0.29) is 24.5 Å².